The topological polar surface area (TPSA) is 52.0 Å². The molecule has 0 spiro atoms. The van der Waals surface area contributed by atoms with Crippen LogP contribution in [0.4, 0.5) is 11.4 Å². The molecule has 0 aliphatic heterocycles. The summed E-state index contributed by atoms with van der Waals surface area (Å²) in [5, 5.41) is 0. The minimum atomic E-state index is 0. The molecule has 4 N–H and O–H groups in total. The smallest absolute Gasteiger partial charge is 0.0317 e. The normalized spacial score (nSPS) is 9.22. The van der Waals surface area contributed by atoms with E-state index in [1.807, 2.05) is 24.3 Å². The zero-order valence-electron chi connectivity index (χ0n) is 10.4. The number of aryl methyl sites for hydroxylation is 2. The summed E-state index contributed by atoms with van der Waals surface area (Å²) < 4.78 is 0. The average molecular weight is 285 g/mol. The maximum Gasteiger partial charge on any atom is 0.0317 e. The number of nitrogen functional groups attached to an aromatic ring is 2. The van der Waals surface area contributed by atoms with Crippen LogP contribution in [0.5, 0.6) is 0 Å². The Hall–Kier alpha value is -1.38. The third-order valence-corrected chi connectivity index (χ3v) is 2.79. The van der Waals surface area contributed by atoms with E-state index in [1.54, 1.807) is 0 Å². The molecular formula is C14H18Cl2N2. The molecule has 0 bridgehead atoms. The van der Waals surface area contributed by atoms with E-state index in [0.29, 0.717) is 0 Å². The zero-order chi connectivity index (χ0) is 11.7. The Kier molecular flexibility index (Phi) is 6.02. The zero-order valence-corrected chi connectivity index (χ0v) is 12.1. The van der Waals surface area contributed by atoms with Gasteiger partial charge in [0.05, 0.1) is 0 Å². The quantitative estimate of drug-likeness (QED) is 0.779. The van der Waals surface area contributed by atoms with Gasteiger partial charge in [-0.3, -0.25) is 0 Å². The Labute approximate surface area is 120 Å². The molecule has 0 fully saturated rings. The molecular weight excluding hydrogens is 267 g/mol. The van der Waals surface area contributed by atoms with Crippen molar-refractivity contribution in [3.05, 3.63) is 47.5 Å². The Morgan fingerprint density at radius 1 is 0.667 bits per heavy atom. The van der Waals surface area contributed by atoms with Crippen molar-refractivity contribution in [2.45, 2.75) is 13.8 Å². The lowest BCUT2D eigenvalue weighted by Crippen LogP contribution is -1.92. The van der Waals surface area contributed by atoms with Crippen LogP contribution in [0.25, 0.3) is 11.1 Å². The fourth-order valence-electron chi connectivity index (χ4n) is 1.98. The summed E-state index contributed by atoms with van der Waals surface area (Å²) in [7, 11) is 0. The monoisotopic (exact) mass is 284 g/mol. The summed E-state index contributed by atoms with van der Waals surface area (Å²) in [4.78, 5) is 0. The van der Waals surface area contributed by atoms with Gasteiger partial charge < -0.3 is 11.5 Å². The predicted molar refractivity (Wildman–Crippen MR) is 84.7 cm³/mol. The van der Waals surface area contributed by atoms with Gasteiger partial charge in [0.2, 0.25) is 0 Å². The molecule has 0 amide bonds. The van der Waals surface area contributed by atoms with Crippen molar-refractivity contribution in [2.24, 2.45) is 0 Å². The second kappa shape index (κ2) is 6.53. The molecule has 0 aromatic heterocycles. The standard InChI is InChI=1S/C14H16N2.2ClH/c1-9-7-11(15)3-5-13(9)14-6-4-12(16)8-10(14)2;;/h3-8H,15-16H2,1-2H3;2*1H. The molecule has 2 aromatic rings. The lowest BCUT2D eigenvalue weighted by Gasteiger charge is -2.10. The first-order valence-corrected chi connectivity index (χ1v) is 5.30. The van der Waals surface area contributed by atoms with Gasteiger partial charge in [0.15, 0.2) is 0 Å². The number of benzene rings is 2. The fourth-order valence-corrected chi connectivity index (χ4v) is 1.98. The van der Waals surface area contributed by atoms with E-state index in [2.05, 4.69) is 26.0 Å². The van der Waals surface area contributed by atoms with E-state index in [-0.39, 0.29) is 24.8 Å². The summed E-state index contributed by atoms with van der Waals surface area (Å²) in [6.45, 7) is 4.14. The second-order valence-electron chi connectivity index (χ2n) is 4.15. The van der Waals surface area contributed by atoms with E-state index in [1.165, 1.54) is 22.3 Å². The van der Waals surface area contributed by atoms with E-state index in [4.69, 9.17) is 11.5 Å². The van der Waals surface area contributed by atoms with E-state index >= 15 is 0 Å². The third-order valence-electron chi connectivity index (χ3n) is 2.79. The van der Waals surface area contributed by atoms with E-state index in [9.17, 15) is 0 Å². The van der Waals surface area contributed by atoms with Gasteiger partial charge >= 0.3 is 0 Å². The fraction of sp³-hybridized carbons (Fsp3) is 0.143. The Morgan fingerprint density at radius 2 is 1.00 bits per heavy atom. The number of hydrogen-bond acceptors (Lipinski definition) is 2. The number of hydrogen-bond donors (Lipinski definition) is 2. The van der Waals surface area contributed by atoms with Gasteiger partial charge in [0.25, 0.3) is 0 Å². The van der Waals surface area contributed by atoms with Crippen LogP contribution in [0.3, 0.4) is 0 Å². The molecule has 0 radical (unpaired) electrons. The van der Waals surface area contributed by atoms with Crippen molar-refractivity contribution in [1.29, 1.82) is 0 Å². The molecule has 0 saturated carbocycles. The van der Waals surface area contributed by atoms with Crippen molar-refractivity contribution in [3.63, 3.8) is 0 Å². The Morgan fingerprint density at radius 3 is 1.28 bits per heavy atom. The first-order valence-electron chi connectivity index (χ1n) is 5.30. The maximum atomic E-state index is 5.75. The minimum Gasteiger partial charge on any atom is -0.399 e. The molecule has 2 aromatic carbocycles. The number of nitrogens with two attached hydrogens (primary N) is 2. The van der Waals surface area contributed by atoms with Crippen molar-refractivity contribution < 1.29 is 0 Å². The second-order valence-corrected chi connectivity index (χ2v) is 4.15. The maximum absolute atomic E-state index is 5.75. The number of halogens is 2. The van der Waals surface area contributed by atoms with Crippen molar-refractivity contribution >= 4 is 36.2 Å². The van der Waals surface area contributed by atoms with Gasteiger partial charge in [-0.15, -0.1) is 24.8 Å². The third kappa shape index (κ3) is 3.31. The highest BCUT2D eigenvalue weighted by molar-refractivity contribution is 5.85. The van der Waals surface area contributed by atoms with Crippen LogP contribution in [0.2, 0.25) is 0 Å². The van der Waals surface area contributed by atoms with Crippen molar-refractivity contribution in [2.75, 3.05) is 11.5 Å². The lowest BCUT2D eigenvalue weighted by atomic mass is 9.96. The summed E-state index contributed by atoms with van der Waals surface area (Å²) in [5.74, 6) is 0. The number of anilines is 2. The largest absolute Gasteiger partial charge is 0.399 e. The molecule has 2 nitrogen and oxygen atoms in total. The Bertz CT molecular complexity index is 490. The van der Waals surface area contributed by atoms with Crippen LogP contribution < -0.4 is 11.5 Å². The van der Waals surface area contributed by atoms with Crippen LogP contribution in [0.1, 0.15) is 11.1 Å². The van der Waals surface area contributed by atoms with Gasteiger partial charge in [0, 0.05) is 11.4 Å². The van der Waals surface area contributed by atoms with Gasteiger partial charge in [-0.1, -0.05) is 12.1 Å². The molecule has 0 atom stereocenters. The SMILES string of the molecule is Cc1cc(N)ccc1-c1ccc(N)cc1C.Cl.Cl. The average Bonchev–Trinajstić information content (AvgIpc) is 2.19. The van der Waals surface area contributed by atoms with Gasteiger partial charge in [-0.2, -0.15) is 0 Å². The summed E-state index contributed by atoms with van der Waals surface area (Å²) in [5.41, 5.74) is 17.9. The van der Waals surface area contributed by atoms with Gasteiger partial charge in [0.1, 0.15) is 0 Å². The Balaban J connectivity index is 0.00000144. The highest BCUT2D eigenvalue weighted by Crippen LogP contribution is 2.28. The summed E-state index contributed by atoms with van der Waals surface area (Å²) in [6.07, 6.45) is 0. The van der Waals surface area contributed by atoms with Crippen LogP contribution >= 0.6 is 24.8 Å². The molecule has 0 saturated heterocycles. The first kappa shape index (κ1) is 16.6. The van der Waals surface area contributed by atoms with Crippen LogP contribution in [0, 0.1) is 13.8 Å². The van der Waals surface area contributed by atoms with Gasteiger partial charge in [-0.05, 0) is 60.4 Å². The van der Waals surface area contributed by atoms with Crippen molar-refractivity contribution in [3.8, 4) is 11.1 Å². The van der Waals surface area contributed by atoms with E-state index in [0.717, 1.165) is 11.4 Å². The van der Waals surface area contributed by atoms with Crippen LogP contribution in [0.15, 0.2) is 36.4 Å². The lowest BCUT2D eigenvalue weighted by molar-refractivity contribution is 1.41. The highest BCUT2D eigenvalue weighted by atomic mass is 35.5. The molecule has 0 aliphatic carbocycles. The molecule has 0 aliphatic rings. The molecule has 0 unspecified atom stereocenters. The molecule has 18 heavy (non-hydrogen) atoms. The minimum absolute atomic E-state index is 0. The van der Waals surface area contributed by atoms with Crippen LogP contribution in [-0.4, -0.2) is 0 Å². The predicted octanol–water partition coefficient (Wildman–Crippen LogP) is 3.98. The van der Waals surface area contributed by atoms with Gasteiger partial charge in [-0.25, -0.2) is 0 Å². The highest BCUT2D eigenvalue weighted by Gasteiger charge is 2.05. The summed E-state index contributed by atoms with van der Waals surface area (Å²) in [6, 6.07) is 12.0. The molecule has 4 heteroatoms. The molecule has 2 rings (SSSR count). The summed E-state index contributed by atoms with van der Waals surface area (Å²) >= 11 is 0. The van der Waals surface area contributed by atoms with E-state index < -0.39 is 0 Å². The number of rotatable bonds is 1. The molecule has 98 valence electrons. The van der Waals surface area contributed by atoms with Crippen LogP contribution in [-0.2, 0) is 0 Å². The molecule has 0 heterocycles. The van der Waals surface area contributed by atoms with Crippen molar-refractivity contribution in [1.82, 2.24) is 0 Å². The first-order chi connectivity index (χ1) is 7.58.